The topological polar surface area (TPSA) is 51.6 Å². The first-order valence-electron chi connectivity index (χ1n) is 4.53. The van der Waals surface area contributed by atoms with E-state index in [-0.39, 0.29) is 0 Å². The molecule has 78 valence electrons. The molecule has 0 spiro atoms. The number of fused-ring (bicyclic) bond motifs is 1. The van der Waals surface area contributed by atoms with Crippen molar-refractivity contribution in [1.29, 1.82) is 0 Å². The van der Waals surface area contributed by atoms with Crippen LogP contribution >= 0.6 is 22.9 Å². The first kappa shape index (κ1) is 9.62. The molecule has 0 aromatic carbocycles. The lowest BCUT2D eigenvalue weighted by molar-refractivity contribution is 1.17. The predicted molar refractivity (Wildman–Crippen MR) is 63.5 cm³/mol. The molecule has 0 fully saturated rings. The van der Waals surface area contributed by atoms with Crippen LogP contribution in [0.25, 0.3) is 21.0 Å². The number of hydrogen-bond donors (Lipinski definition) is 0. The van der Waals surface area contributed by atoms with Crippen LogP contribution < -0.4 is 0 Å². The summed E-state index contributed by atoms with van der Waals surface area (Å²) in [7, 11) is 0. The third kappa shape index (κ3) is 1.54. The smallest absolute Gasteiger partial charge is 0.188 e. The van der Waals surface area contributed by atoms with Gasteiger partial charge in [-0.2, -0.15) is 0 Å². The molecule has 0 bridgehead atoms. The number of rotatable bonds is 1. The molecule has 0 radical (unpaired) electrons. The van der Waals surface area contributed by atoms with Crippen LogP contribution in [-0.2, 0) is 0 Å². The van der Waals surface area contributed by atoms with Gasteiger partial charge < -0.3 is 0 Å². The Morgan fingerprint density at radius 3 is 2.62 bits per heavy atom. The second kappa shape index (κ2) is 3.77. The summed E-state index contributed by atoms with van der Waals surface area (Å²) in [6.45, 7) is 0. The maximum Gasteiger partial charge on any atom is 0.188 e. The zero-order valence-corrected chi connectivity index (χ0v) is 9.53. The van der Waals surface area contributed by atoms with Crippen molar-refractivity contribution in [1.82, 2.24) is 19.9 Å². The summed E-state index contributed by atoms with van der Waals surface area (Å²) in [4.78, 5) is 16.7. The molecular formula is C10H5ClN4S. The minimum atomic E-state index is 0.413. The van der Waals surface area contributed by atoms with Gasteiger partial charge in [-0.05, 0) is 12.1 Å². The van der Waals surface area contributed by atoms with Crippen molar-refractivity contribution in [3.63, 3.8) is 0 Å². The Bertz CT molecular complexity index is 638. The van der Waals surface area contributed by atoms with E-state index in [1.807, 2.05) is 6.07 Å². The van der Waals surface area contributed by atoms with Gasteiger partial charge in [0.15, 0.2) is 16.0 Å². The van der Waals surface area contributed by atoms with Gasteiger partial charge in [0.2, 0.25) is 0 Å². The molecule has 0 saturated carbocycles. The summed E-state index contributed by atoms with van der Waals surface area (Å²) in [5, 5.41) is 1.17. The molecule has 3 rings (SSSR count). The first-order valence-corrected chi connectivity index (χ1v) is 5.72. The summed E-state index contributed by atoms with van der Waals surface area (Å²) >= 11 is 7.45. The Labute approximate surface area is 100.0 Å². The quantitative estimate of drug-likeness (QED) is 0.622. The van der Waals surface area contributed by atoms with Crippen molar-refractivity contribution in [2.24, 2.45) is 0 Å². The summed E-state index contributed by atoms with van der Waals surface area (Å²) in [6.07, 6.45) is 5.04. The molecule has 0 aliphatic carbocycles. The molecule has 3 aromatic heterocycles. The van der Waals surface area contributed by atoms with Gasteiger partial charge in [0, 0.05) is 18.6 Å². The fourth-order valence-corrected chi connectivity index (χ4v) is 2.50. The van der Waals surface area contributed by atoms with Crippen molar-refractivity contribution in [3.05, 3.63) is 35.9 Å². The average molecular weight is 249 g/mol. The number of thiazole rings is 1. The molecule has 0 aliphatic rings. The van der Waals surface area contributed by atoms with E-state index in [0.717, 1.165) is 9.71 Å². The minimum absolute atomic E-state index is 0.413. The molecule has 0 saturated heterocycles. The molecular weight excluding hydrogens is 244 g/mol. The van der Waals surface area contributed by atoms with Crippen molar-refractivity contribution < 1.29 is 0 Å². The number of halogens is 1. The van der Waals surface area contributed by atoms with E-state index >= 15 is 0 Å². The monoisotopic (exact) mass is 248 g/mol. The lowest BCUT2D eigenvalue weighted by Crippen LogP contribution is -1.85. The van der Waals surface area contributed by atoms with Gasteiger partial charge in [0.05, 0.1) is 4.70 Å². The van der Waals surface area contributed by atoms with Crippen LogP contribution in [0.3, 0.4) is 0 Å². The second-order valence-corrected chi connectivity index (χ2v) is 4.43. The molecule has 0 unspecified atom stereocenters. The van der Waals surface area contributed by atoms with E-state index in [1.165, 1.54) is 11.3 Å². The highest BCUT2D eigenvalue weighted by Crippen LogP contribution is 2.30. The van der Waals surface area contributed by atoms with E-state index in [2.05, 4.69) is 19.9 Å². The maximum absolute atomic E-state index is 5.95. The molecule has 6 heteroatoms. The van der Waals surface area contributed by atoms with Crippen LogP contribution in [0.15, 0.2) is 30.7 Å². The Hall–Kier alpha value is -1.59. The Balaban J connectivity index is 2.23. The second-order valence-electron chi connectivity index (χ2n) is 3.04. The van der Waals surface area contributed by atoms with Gasteiger partial charge in [-0.15, -0.1) is 11.3 Å². The van der Waals surface area contributed by atoms with E-state index in [4.69, 9.17) is 11.6 Å². The molecule has 3 aromatic rings. The Morgan fingerprint density at radius 1 is 1.06 bits per heavy atom. The first-order chi connectivity index (χ1) is 7.84. The molecule has 16 heavy (non-hydrogen) atoms. The van der Waals surface area contributed by atoms with Gasteiger partial charge in [-0.3, -0.25) is 0 Å². The molecule has 4 nitrogen and oxygen atoms in total. The van der Waals surface area contributed by atoms with Crippen LogP contribution in [0.4, 0.5) is 0 Å². The fourth-order valence-electron chi connectivity index (χ4n) is 1.33. The normalized spacial score (nSPS) is 10.8. The summed E-state index contributed by atoms with van der Waals surface area (Å²) < 4.78 is 0.988. The highest BCUT2D eigenvalue weighted by atomic mass is 35.5. The van der Waals surface area contributed by atoms with Crippen molar-refractivity contribution in [2.75, 3.05) is 0 Å². The lowest BCUT2D eigenvalue weighted by Gasteiger charge is -1.90. The highest BCUT2D eigenvalue weighted by molar-refractivity contribution is 7.21. The summed E-state index contributed by atoms with van der Waals surface area (Å²) in [5.41, 5.74) is 0.705. The summed E-state index contributed by atoms with van der Waals surface area (Å²) in [5.74, 6) is 0.611. The van der Waals surface area contributed by atoms with Crippen LogP contribution in [0, 0.1) is 0 Å². The predicted octanol–water partition coefficient (Wildman–Crippen LogP) is 2.80. The largest absolute Gasteiger partial charge is 0.242 e. The molecule has 3 heterocycles. The van der Waals surface area contributed by atoms with Crippen LogP contribution in [0.1, 0.15) is 0 Å². The van der Waals surface area contributed by atoms with Crippen LogP contribution in [-0.4, -0.2) is 19.9 Å². The number of hydrogen-bond acceptors (Lipinski definition) is 5. The lowest BCUT2D eigenvalue weighted by atomic mass is 10.4. The summed E-state index contributed by atoms with van der Waals surface area (Å²) in [6, 6.07) is 3.65. The van der Waals surface area contributed by atoms with Gasteiger partial charge in [0.25, 0.3) is 0 Å². The maximum atomic E-state index is 5.95. The van der Waals surface area contributed by atoms with Crippen molar-refractivity contribution >= 4 is 33.2 Å². The SMILES string of the molecule is Clc1nccc2sc(-c3ncccn3)nc12. The van der Waals surface area contributed by atoms with Crippen molar-refractivity contribution in [3.8, 4) is 10.8 Å². The number of aromatic nitrogens is 4. The van der Waals surface area contributed by atoms with Gasteiger partial charge >= 0.3 is 0 Å². The standard InChI is InChI=1S/C10H5ClN4S/c11-8-7-6(2-5-12-8)16-10(15-7)9-13-3-1-4-14-9/h1-5H. The third-order valence-corrected chi connectivity index (χ3v) is 3.31. The van der Waals surface area contributed by atoms with E-state index < -0.39 is 0 Å². The third-order valence-electron chi connectivity index (χ3n) is 2.02. The Morgan fingerprint density at radius 2 is 1.88 bits per heavy atom. The van der Waals surface area contributed by atoms with Crippen LogP contribution in [0.5, 0.6) is 0 Å². The minimum Gasteiger partial charge on any atom is -0.242 e. The molecule has 0 atom stereocenters. The molecule has 0 aliphatic heterocycles. The van der Waals surface area contributed by atoms with Gasteiger partial charge in [-0.25, -0.2) is 19.9 Å². The molecule has 0 N–H and O–H groups in total. The molecule has 0 amide bonds. The van der Waals surface area contributed by atoms with E-state index in [9.17, 15) is 0 Å². The van der Waals surface area contributed by atoms with Gasteiger partial charge in [0.1, 0.15) is 5.52 Å². The zero-order valence-electron chi connectivity index (χ0n) is 7.96. The Kier molecular flexibility index (Phi) is 2.27. The number of pyridine rings is 1. The number of nitrogens with zero attached hydrogens (tertiary/aromatic N) is 4. The van der Waals surface area contributed by atoms with Crippen molar-refractivity contribution in [2.45, 2.75) is 0 Å². The van der Waals surface area contributed by atoms with E-state index in [0.29, 0.717) is 16.5 Å². The van der Waals surface area contributed by atoms with Crippen LogP contribution in [0.2, 0.25) is 5.15 Å². The zero-order chi connectivity index (χ0) is 11.0. The average Bonchev–Trinajstić information content (AvgIpc) is 2.76. The van der Waals surface area contributed by atoms with E-state index in [1.54, 1.807) is 24.7 Å². The fraction of sp³-hybridized carbons (Fsp3) is 0. The van der Waals surface area contributed by atoms with Gasteiger partial charge in [-0.1, -0.05) is 11.6 Å². The highest BCUT2D eigenvalue weighted by Gasteiger charge is 2.10.